The normalized spacial score (nSPS) is 13.3. The van der Waals surface area contributed by atoms with Crippen LogP contribution in [0.15, 0.2) is 45.9 Å². The Morgan fingerprint density at radius 1 is 1.30 bits per heavy atom. The molecule has 140 valence electrons. The van der Waals surface area contributed by atoms with E-state index in [1.165, 1.54) is 24.9 Å². The van der Waals surface area contributed by atoms with Crippen LogP contribution in [-0.2, 0) is 17.3 Å². The first kappa shape index (κ1) is 18.4. The van der Waals surface area contributed by atoms with E-state index in [0.717, 1.165) is 0 Å². The highest BCUT2D eigenvalue weighted by atomic mass is 16.4. The average molecular weight is 369 g/mol. The van der Waals surface area contributed by atoms with Gasteiger partial charge in [0, 0.05) is 13.6 Å². The number of nitrogens with zero attached hydrogens (tertiary/aromatic N) is 2. The minimum absolute atomic E-state index is 0.0690. The zero-order chi connectivity index (χ0) is 19.8. The second-order valence-corrected chi connectivity index (χ2v) is 6.56. The van der Waals surface area contributed by atoms with Crippen LogP contribution in [0.3, 0.4) is 0 Å². The van der Waals surface area contributed by atoms with Crippen LogP contribution in [0.5, 0.6) is 0 Å². The fourth-order valence-corrected chi connectivity index (χ4v) is 2.91. The molecule has 2 N–H and O–H groups in total. The zero-order valence-electron chi connectivity index (χ0n) is 15.1. The second kappa shape index (κ2) is 6.71. The third-order valence-corrected chi connectivity index (χ3v) is 4.66. The number of rotatable bonds is 5. The quantitative estimate of drug-likeness (QED) is 0.706. The van der Waals surface area contributed by atoms with Gasteiger partial charge < -0.3 is 19.4 Å². The molecule has 1 amide bonds. The van der Waals surface area contributed by atoms with E-state index in [1.807, 2.05) is 0 Å². The lowest BCUT2D eigenvalue weighted by atomic mass is 9.82. The van der Waals surface area contributed by atoms with E-state index in [0.29, 0.717) is 5.56 Å². The number of carboxylic acid groups (broad SMARTS) is 1. The first-order valence-electron chi connectivity index (χ1n) is 8.27. The number of fused-ring (bicyclic) bond motifs is 1. The molecule has 0 saturated heterocycles. The smallest absolute Gasteiger partial charge is 0.315 e. The number of carboxylic acids is 1. The van der Waals surface area contributed by atoms with Gasteiger partial charge in [-0.15, -0.1) is 0 Å². The number of benzene rings is 1. The van der Waals surface area contributed by atoms with Crippen molar-refractivity contribution in [3.8, 4) is 0 Å². The molecule has 3 rings (SSSR count). The zero-order valence-corrected chi connectivity index (χ0v) is 15.1. The number of carbonyl (C=O) groups is 2. The van der Waals surface area contributed by atoms with Gasteiger partial charge in [-0.3, -0.25) is 14.4 Å². The van der Waals surface area contributed by atoms with Crippen LogP contribution < -0.4 is 10.9 Å². The van der Waals surface area contributed by atoms with Crippen molar-refractivity contribution in [1.82, 2.24) is 14.9 Å². The van der Waals surface area contributed by atoms with Crippen molar-refractivity contribution in [3.05, 3.63) is 63.9 Å². The third-order valence-electron chi connectivity index (χ3n) is 4.66. The van der Waals surface area contributed by atoms with Gasteiger partial charge in [-0.1, -0.05) is 30.3 Å². The summed E-state index contributed by atoms with van der Waals surface area (Å²) in [6.07, 6.45) is 1.31. The number of nitrogens with one attached hydrogen (secondary N) is 1. The molecule has 1 atom stereocenters. The minimum atomic E-state index is -1.33. The summed E-state index contributed by atoms with van der Waals surface area (Å²) in [5.74, 6) is -1.41. The number of aryl methyl sites for hydroxylation is 2. The number of hydrogen-bond acceptors (Lipinski definition) is 5. The van der Waals surface area contributed by atoms with Crippen LogP contribution in [0.25, 0.3) is 11.1 Å². The predicted molar refractivity (Wildman–Crippen MR) is 97.8 cm³/mol. The molecular formula is C19H19N3O5. The van der Waals surface area contributed by atoms with Gasteiger partial charge in [-0.2, -0.15) is 0 Å². The highest BCUT2D eigenvalue weighted by Crippen LogP contribution is 2.25. The minimum Gasteiger partial charge on any atom is -0.481 e. The molecule has 27 heavy (non-hydrogen) atoms. The topological polar surface area (TPSA) is 114 Å². The molecule has 0 spiro atoms. The molecule has 3 aromatic rings. The predicted octanol–water partition coefficient (Wildman–Crippen LogP) is 1.61. The Morgan fingerprint density at radius 3 is 2.59 bits per heavy atom. The summed E-state index contributed by atoms with van der Waals surface area (Å²) in [4.78, 5) is 41.0. The van der Waals surface area contributed by atoms with E-state index in [9.17, 15) is 19.5 Å². The lowest BCUT2D eigenvalue weighted by molar-refractivity contribution is -0.142. The van der Waals surface area contributed by atoms with Gasteiger partial charge in [-0.25, -0.2) is 4.98 Å². The van der Waals surface area contributed by atoms with Gasteiger partial charge in [0.25, 0.3) is 11.5 Å². The summed E-state index contributed by atoms with van der Waals surface area (Å²) in [5.41, 5.74) is -1.03. The van der Waals surface area contributed by atoms with Gasteiger partial charge in [0.2, 0.25) is 5.71 Å². The molecule has 2 aromatic heterocycles. The Bertz CT molecular complexity index is 1080. The van der Waals surface area contributed by atoms with E-state index in [-0.39, 0.29) is 29.0 Å². The summed E-state index contributed by atoms with van der Waals surface area (Å²) in [6.45, 7) is 2.94. The van der Waals surface area contributed by atoms with Crippen molar-refractivity contribution in [1.29, 1.82) is 0 Å². The lowest BCUT2D eigenvalue weighted by Crippen LogP contribution is -2.44. The SMILES string of the molecule is Cc1oc2ncn(C)c(=O)c2c1C(=O)NCC(C)(C(=O)O)c1ccccc1. The van der Waals surface area contributed by atoms with Gasteiger partial charge in [0.05, 0.1) is 5.56 Å². The number of carbonyl (C=O) groups excluding carboxylic acids is 1. The second-order valence-electron chi connectivity index (χ2n) is 6.56. The molecule has 0 saturated carbocycles. The molecule has 8 nitrogen and oxygen atoms in total. The summed E-state index contributed by atoms with van der Waals surface area (Å²) < 4.78 is 6.67. The molecule has 0 fully saturated rings. The van der Waals surface area contributed by atoms with Crippen LogP contribution >= 0.6 is 0 Å². The first-order chi connectivity index (χ1) is 12.8. The standard InChI is InChI=1S/C19H19N3O5/c1-11-13(14-16(27-11)21-10-22(3)17(14)24)15(23)20-9-19(2,18(25)26)12-7-5-4-6-8-12/h4-8,10H,9H2,1-3H3,(H,20,23)(H,25,26). The van der Waals surface area contributed by atoms with E-state index >= 15 is 0 Å². The van der Waals surface area contributed by atoms with Crippen LogP contribution in [0.2, 0.25) is 0 Å². The number of furan rings is 1. The van der Waals surface area contributed by atoms with Gasteiger partial charge >= 0.3 is 5.97 Å². The molecule has 0 bridgehead atoms. The monoisotopic (exact) mass is 369 g/mol. The van der Waals surface area contributed by atoms with E-state index in [1.54, 1.807) is 37.3 Å². The molecule has 2 heterocycles. The lowest BCUT2D eigenvalue weighted by Gasteiger charge is -2.25. The third kappa shape index (κ3) is 3.10. The Labute approximate surface area is 154 Å². The number of amides is 1. The highest BCUT2D eigenvalue weighted by Gasteiger charge is 2.36. The average Bonchev–Trinajstić information content (AvgIpc) is 3.00. The van der Waals surface area contributed by atoms with Crippen molar-refractivity contribution in [3.63, 3.8) is 0 Å². The summed E-state index contributed by atoms with van der Waals surface area (Å²) in [7, 11) is 1.52. The Balaban J connectivity index is 1.95. The summed E-state index contributed by atoms with van der Waals surface area (Å²) >= 11 is 0. The molecule has 1 unspecified atom stereocenters. The molecule has 1 aromatic carbocycles. The van der Waals surface area contributed by atoms with Crippen molar-refractivity contribution in [2.45, 2.75) is 19.3 Å². The Hall–Kier alpha value is -3.42. The van der Waals surface area contributed by atoms with E-state index in [2.05, 4.69) is 10.3 Å². The summed E-state index contributed by atoms with van der Waals surface area (Å²) in [5, 5.41) is 12.4. The maximum Gasteiger partial charge on any atom is 0.315 e. The summed E-state index contributed by atoms with van der Waals surface area (Å²) in [6, 6.07) is 8.65. The van der Waals surface area contributed by atoms with E-state index < -0.39 is 22.9 Å². The fraction of sp³-hybridized carbons (Fsp3) is 0.263. The molecule has 8 heteroatoms. The maximum absolute atomic E-state index is 12.8. The molecule has 0 radical (unpaired) electrons. The van der Waals surface area contributed by atoms with Crippen molar-refractivity contribution in [2.75, 3.05) is 6.54 Å². The van der Waals surface area contributed by atoms with Gasteiger partial charge in [0.1, 0.15) is 22.9 Å². The largest absolute Gasteiger partial charge is 0.481 e. The van der Waals surface area contributed by atoms with Crippen LogP contribution in [0, 0.1) is 6.92 Å². The molecule has 0 aliphatic heterocycles. The van der Waals surface area contributed by atoms with Gasteiger partial charge in [0.15, 0.2) is 0 Å². The van der Waals surface area contributed by atoms with Crippen LogP contribution in [-0.4, -0.2) is 33.1 Å². The Morgan fingerprint density at radius 2 is 1.96 bits per heavy atom. The van der Waals surface area contributed by atoms with Gasteiger partial charge in [-0.05, 0) is 19.4 Å². The maximum atomic E-state index is 12.8. The van der Waals surface area contributed by atoms with E-state index in [4.69, 9.17) is 4.42 Å². The molecule has 0 aliphatic rings. The highest BCUT2D eigenvalue weighted by molar-refractivity contribution is 6.06. The van der Waals surface area contributed by atoms with Crippen molar-refractivity contribution < 1.29 is 19.1 Å². The van der Waals surface area contributed by atoms with Crippen LogP contribution in [0.1, 0.15) is 28.6 Å². The number of aliphatic carboxylic acids is 1. The first-order valence-corrected chi connectivity index (χ1v) is 8.27. The number of hydrogen-bond donors (Lipinski definition) is 2. The van der Waals surface area contributed by atoms with Crippen LogP contribution in [0.4, 0.5) is 0 Å². The molecule has 0 aliphatic carbocycles. The fourth-order valence-electron chi connectivity index (χ4n) is 2.91. The molecular weight excluding hydrogens is 350 g/mol. The number of aromatic nitrogens is 2. The van der Waals surface area contributed by atoms with Crippen molar-refractivity contribution in [2.24, 2.45) is 7.05 Å². The van der Waals surface area contributed by atoms with Crippen molar-refractivity contribution >= 4 is 23.0 Å². The Kier molecular flexibility index (Phi) is 4.57.